The van der Waals surface area contributed by atoms with Gasteiger partial charge < -0.3 is 9.84 Å². The highest BCUT2D eigenvalue weighted by atomic mass is 35.5. The second kappa shape index (κ2) is 5.75. The van der Waals surface area contributed by atoms with Crippen LogP contribution in [0.3, 0.4) is 0 Å². The molecule has 1 saturated carbocycles. The topological polar surface area (TPSA) is 47.3 Å². The van der Waals surface area contributed by atoms with Crippen LogP contribution in [-0.2, 0) is 0 Å². The number of benzene rings is 1. The molecule has 106 valence electrons. The van der Waals surface area contributed by atoms with Crippen LogP contribution >= 0.6 is 11.6 Å². The summed E-state index contributed by atoms with van der Waals surface area (Å²) in [7, 11) is 0. The van der Waals surface area contributed by atoms with Crippen LogP contribution in [0, 0.1) is 0 Å². The molecule has 0 saturated heterocycles. The Morgan fingerprint density at radius 2 is 2.05 bits per heavy atom. The second-order valence-electron chi connectivity index (χ2n) is 5.11. The smallest absolute Gasteiger partial charge is 0.177 e. The van der Waals surface area contributed by atoms with Crippen LogP contribution in [0.1, 0.15) is 32.1 Å². The molecule has 1 heterocycles. The largest absolute Gasteiger partial charge is 0.508 e. The molecule has 0 unspecified atom stereocenters. The molecule has 4 nitrogen and oxygen atoms in total. The lowest BCUT2D eigenvalue weighted by atomic mass is 9.98. The minimum Gasteiger partial charge on any atom is -0.508 e. The molecule has 1 aliphatic rings. The molecule has 5 heteroatoms. The van der Waals surface area contributed by atoms with Crippen LogP contribution in [0.4, 0.5) is 0 Å². The number of phenols is 1. The molecular weight excluding hydrogens is 276 g/mol. The first-order valence-electron chi connectivity index (χ1n) is 6.93. The lowest BCUT2D eigenvalue weighted by Crippen LogP contribution is -2.19. The molecule has 0 aliphatic heterocycles. The Kier molecular flexibility index (Phi) is 3.83. The van der Waals surface area contributed by atoms with E-state index in [9.17, 15) is 5.11 Å². The lowest BCUT2D eigenvalue weighted by Gasteiger charge is -2.22. The Bertz CT molecular complexity index is 591. The van der Waals surface area contributed by atoms with Gasteiger partial charge in [0, 0.05) is 6.07 Å². The van der Waals surface area contributed by atoms with Gasteiger partial charge >= 0.3 is 0 Å². The van der Waals surface area contributed by atoms with Crippen molar-refractivity contribution in [1.82, 2.24) is 9.78 Å². The minimum absolute atomic E-state index is 0.184. The second-order valence-corrected chi connectivity index (χ2v) is 5.47. The fourth-order valence-electron chi connectivity index (χ4n) is 2.56. The van der Waals surface area contributed by atoms with Crippen molar-refractivity contribution in [1.29, 1.82) is 0 Å². The number of halogens is 1. The minimum atomic E-state index is 0.184. The van der Waals surface area contributed by atoms with Crippen LogP contribution in [0.25, 0.3) is 5.69 Å². The Morgan fingerprint density at radius 1 is 1.25 bits per heavy atom. The molecule has 20 heavy (non-hydrogen) atoms. The van der Waals surface area contributed by atoms with E-state index in [1.165, 1.54) is 19.3 Å². The van der Waals surface area contributed by atoms with Gasteiger partial charge in [0.1, 0.15) is 5.75 Å². The van der Waals surface area contributed by atoms with E-state index < -0.39 is 0 Å². The van der Waals surface area contributed by atoms with Crippen molar-refractivity contribution in [2.45, 2.75) is 38.2 Å². The maximum Gasteiger partial charge on any atom is 0.177 e. The van der Waals surface area contributed by atoms with Crippen LogP contribution in [0.2, 0.25) is 5.15 Å². The van der Waals surface area contributed by atoms with E-state index >= 15 is 0 Å². The normalized spacial score (nSPS) is 16.2. The Labute approximate surface area is 122 Å². The van der Waals surface area contributed by atoms with E-state index in [0.717, 1.165) is 12.8 Å². The summed E-state index contributed by atoms with van der Waals surface area (Å²) in [5.74, 6) is 0.797. The first-order chi connectivity index (χ1) is 9.74. The summed E-state index contributed by atoms with van der Waals surface area (Å²) in [5.41, 5.74) is 0.716. The van der Waals surface area contributed by atoms with Gasteiger partial charge in [-0.3, -0.25) is 0 Å². The van der Waals surface area contributed by atoms with Crippen molar-refractivity contribution in [2.24, 2.45) is 0 Å². The molecular formula is C15H17ClN2O2. The Balaban J connectivity index is 1.81. The highest BCUT2D eigenvalue weighted by molar-refractivity contribution is 6.31. The van der Waals surface area contributed by atoms with Crippen molar-refractivity contribution in [2.75, 3.05) is 0 Å². The first kappa shape index (κ1) is 13.3. The molecule has 1 fully saturated rings. The highest BCUT2D eigenvalue weighted by Crippen LogP contribution is 2.31. The quantitative estimate of drug-likeness (QED) is 0.932. The third kappa shape index (κ3) is 2.75. The number of aromatic hydroxyl groups is 1. The zero-order chi connectivity index (χ0) is 13.9. The molecule has 0 atom stereocenters. The Morgan fingerprint density at radius 3 is 2.80 bits per heavy atom. The fourth-order valence-corrected chi connectivity index (χ4v) is 2.80. The van der Waals surface area contributed by atoms with Crippen molar-refractivity contribution in [3.8, 4) is 17.2 Å². The van der Waals surface area contributed by atoms with Crippen molar-refractivity contribution >= 4 is 11.6 Å². The average Bonchev–Trinajstić information content (AvgIpc) is 2.81. The molecule has 0 radical (unpaired) electrons. The molecule has 1 aromatic carbocycles. The summed E-state index contributed by atoms with van der Waals surface area (Å²) in [6, 6.07) is 6.82. The highest BCUT2D eigenvalue weighted by Gasteiger charge is 2.19. The van der Waals surface area contributed by atoms with Gasteiger partial charge in [-0.2, -0.15) is 5.10 Å². The summed E-state index contributed by atoms with van der Waals surface area (Å²) < 4.78 is 7.51. The molecule has 1 aromatic heterocycles. The maximum atomic E-state index is 9.52. The molecule has 1 N–H and O–H groups in total. The third-order valence-corrected chi connectivity index (χ3v) is 3.95. The fraction of sp³-hybridized carbons (Fsp3) is 0.400. The summed E-state index contributed by atoms with van der Waals surface area (Å²) >= 11 is 6.32. The third-order valence-electron chi connectivity index (χ3n) is 3.60. The molecule has 2 aromatic rings. The first-order valence-corrected chi connectivity index (χ1v) is 7.31. The summed E-state index contributed by atoms with van der Waals surface area (Å²) in [5, 5.41) is 14.2. The molecule has 3 rings (SSSR count). The monoisotopic (exact) mass is 292 g/mol. The predicted octanol–water partition coefficient (Wildman–Crippen LogP) is 3.94. The van der Waals surface area contributed by atoms with E-state index in [2.05, 4.69) is 5.10 Å². The van der Waals surface area contributed by atoms with E-state index in [-0.39, 0.29) is 11.9 Å². The van der Waals surface area contributed by atoms with Crippen molar-refractivity contribution in [3.05, 3.63) is 35.6 Å². The Hall–Kier alpha value is -1.68. The molecule has 0 spiro atoms. The van der Waals surface area contributed by atoms with Crippen LogP contribution in [0.5, 0.6) is 11.5 Å². The number of rotatable bonds is 3. The predicted molar refractivity (Wildman–Crippen MR) is 77.7 cm³/mol. The summed E-state index contributed by atoms with van der Waals surface area (Å²) in [4.78, 5) is 0. The van der Waals surface area contributed by atoms with E-state index in [1.54, 1.807) is 29.1 Å². The van der Waals surface area contributed by atoms with Crippen molar-refractivity contribution < 1.29 is 9.84 Å². The van der Waals surface area contributed by atoms with Gasteiger partial charge in [-0.25, -0.2) is 4.68 Å². The number of ether oxygens (including phenoxy) is 1. The van der Waals surface area contributed by atoms with Gasteiger partial charge in [0.05, 0.1) is 18.0 Å². The van der Waals surface area contributed by atoms with Gasteiger partial charge in [-0.1, -0.05) is 24.1 Å². The average molecular weight is 293 g/mol. The summed E-state index contributed by atoms with van der Waals surface area (Å²) in [6.07, 6.45) is 7.74. The van der Waals surface area contributed by atoms with E-state index in [0.29, 0.717) is 16.6 Å². The SMILES string of the molecule is Oc1cccc(-n2ncc(OC3CCCCC3)c2Cl)c1. The van der Waals surface area contributed by atoms with E-state index in [4.69, 9.17) is 16.3 Å². The van der Waals surface area contributed by atoms with Gasteiger partial charge in [0.15, 0.2) is 10.9 Å². The summed E-state index contributed by atoms with van der Waals surface area (Å²) in [6.45, 7) is 0. The zero-order valence-electron chi connectivity index (χ0n) is 11.1. The van der Waals surface area contributed by atoms with Crippen molar-refractivity contribution in [3.63, 3.8) is 0 Å². The number of phenolic OH excluding ortho intramolecular Hbond substituents is 1. The zero-order valence-corrected chi connectivity index (χ0v) is 11.9. The number of aromatic nitrogens is 2. The van der Waals surface area contributed by atoms with Gasteiger partial charge in [-0.05, 0) is 37.8 Å². The number of hydrogen-bond donors (Lipinski definition) is 1. The number of hydrogen-bond acceptors (Lipinski definition) is 3. The van der Waals surface area contributed by atoms with Crippen LogP contribution in [0.15, 0.2) is 30.5 Å². The van der Waals surface area contributed by atoms with Gasteiger partial charge in [0.25, 0.3) is 0 Å². The molecule has 0 amide bonds. The van der Waals surface area contributed by atoms with E-state index in [1.807, 2.05) is 6.07 Å². The molecule has 1 aliphatic carbocycles. The number of nitrogens with zero attached hydrogens (tertiary/aromatic N) is 2. The standard InChI is InChI=1S/C15H17ClN2O2/c16-15-14(20-13-7-2-1-3-8-13)10-17-18(15)11-5-4-6-12(19)9-11/h4-6,9-10,13,19H,1-3,7-8H2. The lowest BCUT2D eigenvalue weighted by molar-refractivity contribution is 0.155. The van der Waals surface area contributed by atoms with Crippen LogP contribution in [-0.4, -0.2) is 21.0 Å². The maximum absolute atomic E-state index is 9.52. The van der Waals surface area contributed by atoms with Gasteiger partial charge in [0.2, 0.25) is 0 Å². The molecule has 0 bridgehead atoms. The van der Waals surface area contributed by atoms with Crippen LogP contribution < -0.4 is 4.74 Å². The van der Waals surface area contributed by atoms with Gasteiger partial charge in [-0.15, -0.1) is 0 Å².